The van der Waals surface area contributed by atoms with Crippen LogP contribution in [0.25, 0.3) is 0 Å². The van der Waals surface area contributed by atoms with Crippen molar-refractivity contribution >= 4 is 23.5 Å². The Morgan fingerprint density at radius 3 is 1.76 bits per heavy atom. The maximum absolute atomic E-state index is 11.7. The highest BCUT2D eigenvalue weighted by Gasteiger charge is 2.12. The third-order valence-corrected chi connectivity index (χ3v) is 3.95. The Labute approximate surface area is 152 Å². The Bertz CT molecular complexity index is 658. The lowest BCUT2D eigenvalue weighted by molar-refractivity contribution is -0.135. The molecule has 0 radical (unpaired) electrons. The Morgan fingerprint density at radius 1 is 0.760 bits per heavy atom. The molecule has 0 spiro atoms. The van der Waals surface area contributed by atoms with E-state index in [0.717, 1.165) is 0 Å². The Hall–Kier alpha value is -2.33. The minimum Gasteiger partial charge on any atom is -0.427 e. The molecule has 0 aromatic heterocycles. The van der Waals surface area contributed by atoms with Gasteiger partial charge in [-0.15, -0.1) is 11.6 Å². The molecule has 0 fully saturated rings. The van der Waals surface area contributed by atoms with Gasteiger partial charge in [0.1, 0.15) is 11.5 Å². The molecule has 1 atom stereocenters. The van der Waals surface area contributed by atoms with Crippen molar-refractivity contribution < 1.29 is 19.1 Å². The van der Waals surface area contributed by atoms with Crippen LogP contribution in [0.3, 0.4) is 0 Å². The number of hydrogen-bond acceptors (Lipinski definition) is 4. The van der Waals surface area contributed by atoms with Crippen LogP contribution < -0.4 is 9.47 Å². The lowest BCUT2D eigenvalue weighted by atomic mass is 10.1. The molecule has 0 amide bonds. The molecule has 0 aliphatic heterocycles. The Morgan fingerprint density at radius 2 is 1.24 bits per heavy atom. The summed E-state index contributed by atoms with van der Waals surface area (Å²) in [5, 5.41) is -0.173. The van der Waals surface area contributed by atoms with Crippen molar-refractivity contribution in [3.05, 3.63) is 60.7 Å². The van der Waals surface area contributed by atoms with Gasteiger partial charge in [-0.1, -0.05) is 36.4 Å². The highest BCUT2D eigenvalue weighted by molar-refractivity contribution is 6.20. The first-order valence-electron chi connectivity index (χ1n) is 8.29. The molecule has 0 heterocycles. The molecule has 2 aromatic rings. The number of carbonyl (C=O) groups is 2. The van der Waals surface area contributed by atoms with Gasteiger partial charge < -0.3 is 9.47 Å². The van der Waals surface area contributed by atoms with Crippen molar-refractivity contribution in [3.63, 3.8) is 0 Å². The summed E-state index contributed by atoms with van der Waals surface area (Å²) in [5.74, 6) is 0.486. The molecule has 25 heavy (non-hydrogen) atoms. The van der Waals surface area contributed by atoms with Crippen molar-refractivity contribution in [2.24, 2.45) is 0 Å². The minimum atomic E-state index is -0.305. The SMILES string of the molecule is O=C(CCCC(Cl)CCC(=O)Oc1ccccc1)Oc1ccccc1. The summed E-state index contributed by atoms with van der Waals surface area (Å²) in [7, 11) is 0. The van der Waals surface area contributed by atoms with Crippen LogP contribution in [0.1, 0.15) is 32.1 Å². The molecule has 1 unspecified atom stereocenters. The fraction of sp³-hybridized carbons (Fsp3) is 0.300. The lowest BCUT2D eigenvalue weighted by Gasteiger charge is -2.09. The molecule has 132 valence electrons. The predicted molar refractivity (Wildman–Crippen MR) is 96.9 cm³/mol. The van der Waals surface area contributed by atoms with Crippen molar-refractivity contribution in [3.8, 4) is 11.5 Å². The number of ether oxygens (including phenoxy) is 2. The highest BCUT2D eigenvalue weighted by Crippen LogP contribution is 2.17. The smallest absolute Gasteiger partial charge is 0.311 e. The number of esters is 2. The second-order valence-electron chi connectivity index (χ2n) is 5.60. The first-order valence-corrected chi connectivity index (χ1v) is 8.72. The van der Waals surface area contributed by atoms with Crippen LogP contribution >= 0.6 is 11.6 Å². The van der Waals surface area contributed by atoms with Crippen molar-refractivity contribution in [2.75, 3.05) is 0 Å². The molecular formula is C20H21ClO4. The molecule has 0 aliphatic rings. The largest absolute Gasteiger partial charge is 0.427 e. The number of benzene rings is 2. The van der Waals surface area contributed by atoms with E-state index in [9.17, 15) is 9.59 Å². The first-order chi connectivity index (χ1) is 12.1. The average molecular weight is 361 g/mol. The van der Waals surface area contributed by atoms with E-state index in [1.54, 1.807) is 24.3 Å². The second-order valence-corrected chi connectivity index (χ2v) is 6.22. The van der Waals surface area contributed by atoms with Crippen LogP contribution in [0.15, 0.2) is 60.7 Å². The molecule has 0 saturated heterocycles. The van der Waals surface area contributed by atoms with Crippen molar-refractivity contribution in [2.45, 2.75) is 37.5 Å². The molecule has 0 bridgehead atoms. The van der Waals surface area contributed by atoms with Gasteiger partial charge in [0.15, 0.2) is 0 Å². The summed E-state index contributed by atoms with van der Waals surface area (Å²) >= 11 is 6.21. The van der Waals surface area contributed by atoms with E-state index in [2.05, 4.69) is 0 Å². The van der Waals surface area contributed by atoms with Gasteiger partial charge in [0, 0.05) is 18.2 Å². The summed E-state index contributed by atoms with van der Waals surface area (Å²) in [6.07, 6.45) is 2.32. The van der Waals surface area contributed by atoms with Gasteiger partial charge in [-0.25, -0.2) is 0 Å². The van der Waals surface area contributed by atoms with E-state index in [1.807, 2.05) is 36.4 Å². The van der Waals surface area contributed by atoms with Crippen LogP contribution in [-0.4, -0.2) is 17.3 Å². The highest BCUT2D eigenvalue weighted by atomic mass is 35.5. The zero-order valence-electron chi connectivity index (χ0n) is 13.9. The van der Waals surface area contributed by atoms with Gasteiger partial charge >= 0.3 is 11.9 Å². The molecule has 5 heteroatoms. The van der Waals surface area contributed by atoms with E-state index < -0.39 is 0 Å². The summed E-state index contributed by atoms with van der Waals surface area (Å²) in [6.45, 7) is 0. The maximum atomic E-state index is 11.7. The zero-order valence-corrected chi connectivity index (χ0v) is 14.7. The molecule has 4 nitrogen and oxygen atoms in total. The normalized spacial score (nSPS) is 11.6. The summed E-state index contributed by atoms with van der Waals surface area (Å²) in [6, 6.07) is 17.9. The predicted octanol–water partition coefficient (Wildman–Crippen LogP) is 4.76. The third kappa shape index (κ3) is 7.86. The number of halogens is 1. The number of hydrogen-bond donors (Lipinski definition) is 0. The van der Waals surface area contributed by atoms with Crippen molar-refractivity contribution in [1.82, 2.24) is 0 Å². The van der Waals surface area contributed by atoms with E-state index in [1.165, 1.54) is 0 Å². The fourth-order valence-electron chi connectivity index (χ4n) is 2.23. The van der Waals surface area contributed by atoms with E-state index in [-0.39, 0.29) is 23.7 Å². The van der Waals surface area contributed by atoms with Crippen LogP contribution in [-0.2, 0) is 9.59 Å². The standard InChI is InChI=1S/C20H21ClO4/c21-16(14-15-20(23)25-18-11-5-2-6-12-18)8-7-13-19(22)24-17-9-3-1-4-10-17/h1-6,9-12,16H,7-8,13-15H2. The quantitative estimate of drug-likeness (QED) is 0.367. The van der Waals surface area contributed by atoms with Gasteiger partial charge in [0.05, 0.1) is 0 Å². The monoisotopic (exact) mass is 360 g/mol. The zero-order chi connectivity index (χ0) is 17.9. The molecule has 2 aromatic carbocycles. The molecule has 2 rings (SSSR count). The summed E-state index contributed by atoms with van der Waals surface area (Å²) < 4.78 is 10.4. The third-order valence-electron chi connectivity index (χ3n) is 3.51. The fourth-order valence-corrected chi connectivity index (χ4v) is 2.49. The molecule has 0 N–H and O–H groups in total. The minimum absolute atomic E-state index is 0.173. The summed E-state index contributed by atoms with van der Waals surface area (Å²) in [4.78, 5) is 23.5. The topological polar surface area (TPSA) is 52.6 Å². The molecular weight excluding hydrogens is 340 g/mol. The van der Waals surface area contributed by atoms with Gasteiger partial charge in [-0.2, -0.15) is 0 Å². The molecule has 0 saturated carbocycles. The van der Waals surface area contributed by atoms with E-state index in [4.69, 9.17) is 21.1 Å². The van der Waals surface area contributed by atoms with Crippen LogP contribution in [0.4, 0.5) is 0 Å². The summed E-state index contributed by atoms with van der Waals surface area (Å²) in [5.41, 5.74) is 0. The maximum Gasteiger partial charge on any atom is 0.311 e. The average Bonchev–Trinajstić information content (AvgIpc) is 2.62. The number of para-hydroxylation sites is 2. The van der Waals surface area contributed by atoms with Crippen LogP contribution in [0, 0.1) is 0 Å². The van der Waals surface area contributed by atoms with E-state index >= 15 is 0 Å². The molecule has 0 aliphatic carbocycles. The number of rotatable bonds is 9. The van der Waals surface area contributed by atoms with Gasteiger partial charge in [0.25, 0.3) is 0 Å². The van der Waals surface area contributed by atoms with Crippen LogP contribution in [0.5, 0.6) is 11.5 Å². The number of alkyl halides is 1. The van der Waals surface area contributed by atoms with Crippen LogP contribution in [0.2, 0.25) is 0 Å². The van der Waals surface area contributed by atoms with Gasteiger partial charge in [0.2, 0.25) is 0 Å². The van der Waals surface area contributed by atoms with Crippen molar-refractivity contribution in [1.29, 1.82) is 0 Å². The van der Waals surface area contributed by atoms with E-state index in [0.29, 0.717) is 37.2 Å². The van der Waals surface area contributed by atoms with Gasteiger partial charge in [-0.3, -0.25) is 9.59 Å². The first kappa shape index (κ1) is 19.0. The Kier molecular flexibility index (Phi) is 7.99. The number of carbonyl (C=O) groups excluding carboxylic acids is 2. The lowest BCUT2D eigenvalue weighted by Crippen LogP contribution is -2.12. The van der Waals surface area contributed by atoms with Gasteiger partial charge in [-0.05, 0) is 43.5 Å². The Balaban J connectivity index is 1.58. The second kappa shape index (κ2) is 10.5.